The molecule has 0 saturated heterocycles. The van der Waals surface area contributed by atoms with E-state index in [0.29, 0.717) is 6.54 Å². The van der Waals surface area contributed by atoms with Crippen LogP contribution in [0.4, 0.5) is 0 Å². The zero-order valence-electron chi connectivity index (χ0n) is 6.95. The molecular weight excluding hydrogens is 170 g/mol. The van der Waals surface area contributed by atoms with E-state index in [-0.39, 0.29) is 0 Å². The molecule has 0 radical (unpaired) electrons. The summed E-state index contributed by atoms with van der Waals surface area (Å²) in [6, 6.07) is 3.87. The Hall–Kier alpha value is -0.670. The first kappa shape index (κ1) is 9.42. The van der Waals surface area contributed by atoms with Crippen molar-refractivity contribution in [3.05, 3.63) is 36.3 Å². The molecule has 1 aromatic heterocycles. The maximum atomic E-state index is 5.40. The molecule has 0 atom stereocenters. The number of nitrogens with two attached hydrogens (primary N) is 1. The van der Waals surface area contributed by atoms with E-state index < -0.39 is 0 Å². The lowest BCUT2D eigenvalue weighted by Gasteiger charge is -1.99. The molecule has 2 N–H and O–H groups in total. The van der Waals surface area contributed by atoms with E-state index in [9.17, 15) is 0 Å². The van der Waals surface area contributed by atoms with Gasteiger partial charge in [0.05, 0.1) is 12.0 Å². The summed E-state index contributed by atoms with van der Waals surface area (Å²) in [5.74, 6) is 2.81. The van der Waals surface area contributed by atoms with Crippen LogP contribution in [0.5, 0.6) is 0 Å². The molecule has 3 heteroatoms. The minimum Gasteiger partial charge on any atom is -0.468 e. The molecule has 12 heavy (non-hydrogen) atoms. The molecule has 66 valence electrons. The van der Waals surface area contributed by atoms with E-state index in [1.807, 2.05) is 12.1 Å². The predicted molar refractivity (Wildman–Crippen MR) is 53.1 cm³/mol. The summed E-state index contributed by atoms with van der Waals surface area (Å²) in [7, 11) is 0. The molecule has 1 aromatic rings. The first-order chi connectivity index (χ1) is 5.83. The molecule has 0 spiro atoms. The van der Waals surface area contributed by atoms with Gasteiger partial charge >= 0.3 is 0 Å². The standard InChI is InChI=1S/C9H13NOS/c1-8(5-10)6-12-7-9-3-2-4-11-9/h2-4H,1,5-7,10H2. The highest BCUT2D eigenvalue weighted by atomic mass is 32.2. The third kappa shape index (κ3) is 3.15. The van der Waals surface area contributed by atoms with Crippen molar-refractivity contribution in [2.45, 2.75) is 5.75 Å². The number of hydrogen-bond donors (Lipinski definition) is 1. The summed E-state index contributed by atoms with van der Waals surface area (Å²) >= 11 is 1.77. The zero-order chi connectivity index (χ0) is 8.81. The van der Waals surface area contributed by atoms with Crippen LogP contribution in [-0.4, -0.2) is 12.3 Å². The van der Waals surface area contributed by atoms with Crippen LogP contribution in [-0.2, 0) is 5.75 Å². The molecule has 0 fully saturated rings. The summed E-state index contributed by atoms with van der Waals surface area (Å²) in [4.78, 5) is 0. The summed E-state index contributed by atoms with van der Waals surface area (Å²) < 4.78 is 5.17. The number of hydrogen-bond acceptors (Lipinski definition) is 3. The fourth-order valence-electron chi connectivity index (χ4n) is 0.750. The number of rotatable bonds is 5. The first-order valence-electron chi connectivity index (χ1n) is 3.79. The van der Waals surface area contributed by atoms with Gasteiger partial charge in [0.1, 0.15) is 5.76 Å². The van der Waals surface area contributed by atoms with Crippen LogP contribution in [0.2, 0.25) is 0 Å². The summed E-state index contributed by atoms with van der Waals surface area (Å²) in [6.07, 6.45) is 1.69. The van der Waals surface area contributed by atoms with Crippen molar-refractivity contribution in [3.63, 3.8) is 0 Å². The Morgan fingerprint density at radius 1 is 1.67 bits per heavy atom. The fraction of sp³-hybridized carbons (Fsp3) is 0.333. The Bertz CT molecular complexity index is 231. The summed E-state index contributed by atoms with van der Waals surface area (Å²) in [5.41, 5.74) is 6.47. The Balaban J connectivity index is 2.15. The monoisotopic (exact) mass is 183 g/mol. The fourth-order valence-corrected chi connectivity index (χ4v) is 1.62. The van der Waals surface area contributed by atoms with Gasteiger partial charge < -0.3 is 10.2 Å². The van der Waals surface area contributed by atoms with Crippen molar-refractivity contribution >= 4 is 11.8 Å². The molecule has 1 rings (SSSR count). The molecule has 0 amide bonds. The van der Waals surface area contributed by atoms with Gasteiger partial charge in [-0.25, -0.2) is 0 Å². The molecular formula is C9H13NOS. The van der Waals surface area contributed by atoms with E-state index in [2.05, 4.69) is 6.58 Å². The quantitative estimate of drug-likeness (QED) is 0.710. The van der Waals surface area contributed by atoms with Crippen molar-refractivity contribution in [2.75, 3.05) is 12.3 Å². The second kappa shape index (κ2) is 5.06. The molecule has 0 aliphatic heterocycles. The normalized spacial score (nSPS) is 10.1. The average Bonchev–Trinajstić information content (AvgIpc) is 2.57. The van der Waals surface area contributed by atoms with Crippen molar-refractivity contribution < 1.29 is 4.42 Å². The Morgan fingerprint density at radius 2 is 2.50 bits per heavy atom. The van der Waals surface area contributed by atoms with Crippen LogP contribution in [0.1, 0.15) is 5.76 Å². The number of thioether (sulfide) groups is 1. The summed E-state index contributed by atoms with van der Waals surface area (Å²) in [6.45, 7) is 4.39. The number of furan rings is 1. The van der Waals surface area contributed by atoms with Crippen LogP contribution in [0.3, 0.4) is 0 Å². The highest BCUT2D eigenvalue weighted by Crippen LogP contribution is 2.14. The molecule has 1 heterocycles. The Labute approximate surface area is 76.8 Å². The zero-order valence-corrected chi connectivity index (χ0v) is 7.77. The lowest BCUT2D eigenvalue weighted by atomic mass is 10.4. The van der Waals surface area contributed by atoms with Crippen LogP contribution >= 0.6 is 11.8 Å². The van der Waals surface area contributed by atoms with Gasteiger partial charge in [0.2, 0.25) is 0 Å². The van der Waals surface area contributed by atoms with Crippen LogP contribution in [0.25, 0.3) is 0 Å². The highest BCUT2D eigenvalue weighted by Gasteiger charge is 1.96. The maximum absolute atomic E-state index is 5.40. The topological polar surface area (TPSA) is 39.2 Å². The molecule has 0 aliphatic carbocycles. The van der Waals surface area contributed by atoms with Gasteiger partial charge in [-0.3, -0.25) is 0 Å². The third-order valence-electron chi connectivity index (χ3n) is 1.42. The molecule has 0 unspecified atom stereocenters. The second-order valence-corrected chi connectivity index (χ2v) is 3.51. The minimum absolute atomic E-state index is 0.575. The van der Waals surface area contributed by atoms with Crippen LogP contribution in [0.15, 0.2) is 35.0 Å². The smallest absolute Gasteiger partial charge is 0.113 e. The van der Waals surface area contributed by atoms with E-state index in [1.54, 1.807) is 18.0 Å². The van der Waals surface area contributed by atoms with Crippen molar-refractivity contribution in [3.8, 4) is 0 Å². The highest BCUT2D eigenvalue weighted by molar-refractivity contribution is 7.98. The van der Waals surface area contributed by atoms with Crippen LogP contribution < -0.4 is 5.73 Å². The van der Waals surface area contributed by atoms with Crippen LogP contribution in [0, 0.1) is 0 Å². The maximum Gasteiger partial charge on any atom is 0.113 e. The van der Waals surface area contributed by atoms with E-state index in [0.717, 1.165) is 22.8 Å². The molecule has 2 nitrogen and oxygen atoms in total. The average molecular weight is 183 g/mol. The summed E-state index contributed by atoms with van der Waals surface area (Å²) in [5, 5.41) is 0. The van der Waals surface area contributed by atoms with Gasteiger partial charge in [0, 0.05) is 12.3 Å². The predicted octanol–water partition coefficient (Wildman–Crippen LogP) is 2.03. The van der Waals surface area contributed by atoms with E-state index in [4.69, 9.17) is 10.2 Å². The third-order valence-corrected chi connectivity index (χ3v) is 2.52. The first-order valence-corrected chi connectivity index (χ1v) is 4.95. The molecule has 0 bridgehead atoms. The van der Waals surface area contributed by atoms with Gasteiger partial charge in [-0.2, -0.15) is 0 Å². The van der Waals surface area contributed by atoms with E-state index in [1.165, 1.54) is 0 Å². The van der Waals surface area contributed by atoms with Gasteiger partial charge in [-0.05, 0) is 12.1 Å². The lowest BCUT2D eigenvalue weighted by Crippen LogP contribution is -2.03. The van der Waals surface area contributed by atoms with Gasteiger partial charge in [-0.1, -0.05) is 12.2 Å². The SMILES string of the molecule is C=C(CN)CSCc1ccco1. The van der Waals surface area contributed by atoms with Gasteiger partial charge in [0.15, 0.2) is 0 Å². The Morgan fingerprint density at radius 3 is 3.08 bits per heavy atom. The van der Waals surface area contributed by atoms with Gasteiger partial charge in [0.25, 0.3) is 0 Å². The Kier molecular flexibility index (Phi) is 3.97. The second-order valence-electron chi connectivity index (χ2n) is 2.53. The van der Waals surface area contributed by atoms with Crippen molar-refractivity contribution in [1.82, 2.24) is 0 Å². The van der Waals surface area contributed by atoms with E-state index >= 15 is 0 Å². The molecule has 0 aromatic carbocycles. The van der Waals surface area contributed by atoms with Gasteiger partial charge in [-0.15, -0.1) is 11.8 Å². The minimum atomic E-state index is 0.575. The van der Waals surface area contributed by atoms with Crippen molar-refractivity contribution in [2.24, 2.45) is 5.73 Å². The lowest BCUT2D eigenvalue weighted by molar-refractivity contribution is 0.530. The van der Waals surface area contributed by atoms with Crippen molar-refractivity contribution in [1.29, 1.82) is 0 Å². The largest absolute Gasteiger partial charge is 0.468 e. The molecule has 0 aliphatic rings. The molecule has 0 saturated carbocycles.